The number of amides is 1. The fraction of sp³-hybridized carbons (Fsp3) is 0.405. The van der Waals surface area contributed by atoms with E-state index in [9.17, 15) is 14.4 Å². The number of rotatable bonds is 12. The van der Waals surface area contributed by atoms with E-state index in [4.69, 9.17) is 42.1 Å². The Bertz CT molecular complexity index is 1900. The summed E-state index contributed by atoms with van der Waals surface area (Å²) >= 11 is 12.9. The van der Waals surface area contributed by atoms with Crippen molar-refractivity contribution in [1.82, 2.24) is 14.9 Å². The van der Waals surface area contributed by atoms with Gasteiger partial charge in [0.1, 0.15) is 11.3 Å². The molecule has 3 aliphatic heterocycles. The highest BCUT2D eigenvalue weighted by Crippen LogP contribution is 2.63. The Morgan fingerprint density at radius 2 is 1.88 bits per heavy atom. The SMILES string of the molecule is COc1ccc([C@@H](COC(=O)C2=CC=C(CN(C(=O)O[C@]34CN5CCC3C4C5)c3c[nH]ccc3=O)CC2)Cc2c(Cl)cncc2Cl)cc1OC. The normalized spacial score (nSPS) is 23.6. The Morgan fingerprint density at radius 1 is 1.08 bits per heavy atom. The van der Waals surface area contributed by atoms with E-state index < -0.39 is 17.7 Å². The van der Waals surface area contributed by atoms with Crippen LogP contribution in [0.15, 0.2) is 77.1 Å². The Hall–Kier alpha value is -4.32. The number of benzene rings is 1. The predicted octanol–water partition coefficient (Wildman–Crippen LogP) is 5.96. The molecule has 1 N–H and O–H groups in total. The van der Waals surface area contributed by atoms with Crippen molar-refractivity contribution < 1.29 is 28.5 Å². The van der Waals surface area contributed by atoms with Gasteiger partial charge in [0.2, 0.25) is 5.43 Å². The minimum absolute atomic E-state index is 0.0504. The molecule has 0 radical (unpaired) electrons. The fourth-order valence-corrected chi connectivity index (χ4v) is 8.22. The number of hydrogen-bond donors (Lipinski definition) is 1. The van der Waals surface area contributed by atoms with Crippen LogP contribution in [0.4, 0.5) is 10.5 Å². The van der Waals surface area contributed by atoms with Crippen LogP contribution in [0.5, 0.6) is 11.5 Å². The molecule has 5 aliphatic rings. The van der Waals surface area contributed by atoms with Crippen LogP contribution in [0.25, 0.3) is 0 Å². The first-order valence-corrected chi connectivity index (χ1v) is 17.4. The first kappa shape index (κ1) is 34.1. The van der Waals surface area contributed by atoms with Crippen molar-refractivity contribution in [3.63, 3.8) is 0 Å². The number of ether oxygens (including phenoxy) is 4. The second-order valence-electron chi connectivity index (χ2n) is 13.3. The molecule has 4 fully saturated rings. The van der Waals surface area contributed by atoms with Crippen molar-refractivity contribution in [2.24, 2.45) is 11.8 Å². The molecule has 5 atom stereocenters. The van der Waals surface area contributed by atoms with E-state index in [1.54, 1.807) is 26.4 Å². The Morgan fingerprint density at radius 3 is 2.52 bits per heavy atom. The van der Waals surface area contributed by atoms with Crippen LogP contribution in [0, 0.1) is 11.8 Å². The van der Waals surface area contributed by atoms with Gasteiger partial charge >= 0.3 is 12.1 Å². The molecule has 13 heteroatoms. The number of allylic oxidation sites excluding steroid dienone is 2. The third kappa shape index (κ3) is 6.61. The number of carbonyl (C=O) groups is 2. The highest BCUT2D eigenvalue weighted by molar-refractivity contribution is 6.35. The largest absolute Gasteiger partial charge is 0.493 e. The molecule has 1 aromatic carbocycles. The topological polar surface area (TPSA) is 123 Å². The second kappa shape index (κ2) is 14.1. The van der Waals surface area contributed by atoms with Gasteiger partial charge < -0.3 is 23.9 Å². The molecular weight excluding hydrogens is 683 g/mol. The Kier molecular flexibility index (Phi) is 9.65. The lowest BCUT2D eigenvalue weighted by Crippen LogP contribution is -2.44. The van der Waals surface area contributed by atoms with E-state index in [0.29, 0.717) is 63.8 Å². The summed E-state index contributed by atoms with van der Waals surface area (Å²) in [6.45, 7) is 2.96. The maximum absolute atomic E-state index is 13.7. The predicted molar refractivity (Wildman–Crippen MR) is 188 cm³/mol. The number of H-pyrrole nitrogens is 1. The minimum Gasteiger partial charge on any atom is -0.493 e. The number of aromatic amines is 1. The van der Waals surface area contributed by atoms with Crippen LogP contribution in [0.2, 0.25) is 10.0 Å². The van der Waals surface area contributed by atoms with Gasteiger partial charge in [-0.25, -0.2) is 9.59 Å². The van der Waals surface area contributed by atoms with E-state index in [-0.39, 0.29) is 30.2 Å². The number of anilines is 1. The molecule has 5 heterocycles. The summed E-state index contributed by atoms with van der Waals surface area (Å²) in [5.74, 6) is 1.12. The molecule has 2 aromatic heterocycles. The third-order valence-electron chi connectivity index (χ3n) is 10.5. The van der Waals surface area contributed by atoms with E-state index in [1.165, 1.54) is 35.8 Å². The average molecular weight is 722 g/mol. The van der Waals surface area contributed by atoms with E-state index in [1.807, 2.05) is 18.2 Å². The maximum atomic E-state index is 13.7. The van der Waals surface area contributed by atoms with Crippen molar-refractivity contribution in [2.45, 2.75) is 37.2 Å². The van der Waals surface area contributed by atoms with Crippen LogP contribution in [0.1, 0.15) is 36.3 Å². The number of aromatic nitrogens is 2. The monoisotopic (exact) mass is 720 g/mol. The number of methoxy groups -OCH3 is 2. The number of nitrogens with one attached hydrogen (secondary N) is 1. The summed E-state index contributed by atoms with van der Waals surface area (Å²) in [6, 6.07) is 6.94. The Balaban J connectivity index is 1.06. The van der Waals surface area contributed by atoms with Crippen molar-refractivity contribution in [1.29, 1.82) is 0 Å². The number of carbonyl (C=O) groups excluding carboxylic acids is 2. The zero-order chi connectivity index (χ0) is 35.0. The zero-order valence-electron chi connectivity index (χ0n) is 27.8. The van der Waals surface area contributed by atoms with Gasteiger partial charge in [0.15, 0.2) is 11.5 Å². The van der Waals surface area contributed by atoms with Crippen molar-refractivity contribution in [3.8, 4) is 11.5 Å². The first-order valence-electron chi connectivity index (χ1n) is 16.7. The number of fused-ring (bicyclic) bond motifs is 1. The van der Waals surface area contributed by atoms with Crippen LogP contribution in [-0.4, -0.2) is 79.5 Å². The zero-order valence-corrected chi connectivity index (χ0v) is 29.3. The number of halogens is 2. The van der Waals surface area contributed by atoms with Gasteiger partial charge in [0.05, 0.1) is 37.4 Å². The third-order valence-corrected chi connectivity index (χ3v) is 11.1. The van der Waals surface area contributed by atoms with Crippen molar-refractivity contribution in [2.75, 3.05) is 51.9 Å². The lowest BCUT2D eigenvalue weighted by molar-refractivity contribution is -0.139. The number of pyridine rings is 2. The summed E-state index contributed by atoms with van der Waals surface area (Å²) in [5.41, 5.74) is 2.42. The molecule has 3 unspecified atom stereocenters. The number of hydrogen-bond acceptors (Lipinski definition) is 9. The molecule has 3 aromatic rings. The maximum Gasteiger partial charge on any atom is 0.415 e. The molecule has 8 rings (SSSR count). The summed E-state index contributed by atoms with van der Waals surface area (Å²) < 4.78 is 23.0. The van der Waals surface area contributed by atoms with Gasteiger partial charge in [-0.1, -0.05) is 41.4 Å². The van der Waals surface area contributed by atoms with E-state index >= 15 is 0 Å². The molecule has 3 saturated heterocycles. The fourth-order valence-electron chi connectivity index (χ4n) is 7.70. The summed E-state index contributed by atoms with van der Waals surface area (Å²) in [5, 5.41) is 0.837. The van der Waals surface area contributed by atoms with Gasteiger partial charge in [-0.05, 0) is 61.1 Å². The van der Waals surface area contributed by atoms with Gasteiger partial charge in [0.25, 0.3) is 0 Å². The van der Waals surface area contributed by atoms with Gasteiger partial charge in [-0.3, -0.25) is 19.6 Å². The van der Waals surface area contributed by atoms with Gasteiger partial charge in [-0.15, -0.1) is 0 Å². The lowest BCUT2D eigenvalue weighted by atomic mass is 9.92. The molecule has 11 nitrogen and oxygen atoms in total. The van der Waals surface area contributed by atoms with Crippen molar-refractivity contribution >= 4 is 41.0 Å². The highest BCUT2D eigenvalue weighted by Gasteiger charge is 2.74. The number of esters is 1. The van der Waals surface area contributed by atoms with Crippen molar-refractivity contribution in [3.05, 3.63) is 104 Å². The molecular formula is C37H38Cl2N4O7. The quantitative estimate of drug-likeness (QED) is 0.226. The average Bonchev–Trinajstić information content (AvgIpc) is 3.62. The second-order valence-corrected chi connectivity index (χ2v) is 14.1. The summed E-state index contributed by atoms with van der Waals surface area (Å²) in [6.07, 6.45) is 11.5. The smallest absolute Gasteiger partial charge is 0.415 e. The molecule has 0 spiro atoms. The summed E-state index contributed by atoms with van der Waals surface area (Å²) in [7, 11) is 3.12. The van der Waals surface area contributed by atoms with Crippen LogP contribution in [0.3, 0.4) is 0 Å². The minimum atomic E-state index is -0.524. The molecule has 2 aliphatic carbocycles. The molecule has 4 bridgehead atoms. The molecule has 1 saturated carbocycles. The highest BCUT2D eigenvalue weighted by atomic mass is 35.5. The molecule has 1 amide bonds. The molecule has 50 heavy (non-hydrogen) atoms. The lowest BCUT2D eigenvalue weighted by Gasteiger charge is -2.31. The van der Waals surface area contributed by atoms with E-state index in [2.05, 4.69) is 14.9 Å². The van der Waals surface area contributed by atoms with E-state index in [0.717, 1.165) is 37.2 Å². The Labute approximate surface area is 299 Å². The van der Waals surface area contributed by atoms with Crippen LogP contribution in [-0.2, 0) is 20.7 Å². The number of piperidine rings is 3. The van der Waals surface area contributed by atoms with Crippen LogP contribution >= 0.6 is 23.2 Å². The first-order chi connectivity index (χ1) is 24.2. The van der Waals surface area contributed by atoms with Gasteiger partial charge in [0, 0.05) is 67.3 Å². The number of nitrogens with zero attached hydrogens (tertiary/aromatic N) is 3. The standard InChI is InChI=1S/C37H38Cl2N4O7/c1-47-33-8-7-24(14-34(33)48-2)25(13-26-29(38)15-41-16-30(26)39)20-49-35(45)23-5-3-22(4-6-23)18-43(31-17-40-11-9-32(31)44)36(46)50-37-21-42-12-10-27(37)28(37)19-42/h3,5,7-9,11,14-17,25,27-28H,4,6,10,12-13,18-21H2,1-2H3,(H,40,44)/t25-,27?,28?,37-/m1/s1. The molecule has 262 valence electrons. The van der Waals surface area contributed by atoms with Gasteiger partial charge in [-0.2, -0.15) is 0 Å². The summed E-state index contributed by atoms with van der Waals surface area (Å²) in [4.78, 5) is 50.7. The van der Waals surface area contributed by atoms with Crippen LogP contribution < -0.4 is 19.8 Å².